The van der Waals surface area contributed by atoms with Crippen LogP contribution in [-0.4, -0.2) is 17.9 Å². The van der Waals surface area contributed by atoms with E-state index in [1.165, 1.54) is 11.1 Å². The van der Waals surface area contributed by atoms with E-state index in [1.807, 2.05) is 37.3 Å². The van der Waals surface area contributed by atoms with Crippen LogP contribution in [0.1, 0.15) is 52.9 Å². The lowest BCUT2D eigenvalue weighted by atomic mass is 9.88. The van der Waals surface area contributed by atoms with Gasteiger partial charge in [-0.15, -0.1) is 0 Å². The van der Waals surface area contributed by atoms with Crippen LogP contribution in [0.3, 0.4) is 0 Å². The maximum Gasteiger partial charge on any atom is 0.169 e. The maximum absolute atomic E-state index is 5.20. The lowest BCUT2D eigenvalue weighted by Crippen LogP contribution is -2.39. The zero-order valence-corrected chi connectivity index (χ0v) is 26.4. The Morgan fingerprint density at radius 3 is 2.35 bits per heavy atom. The minimum Gasteiger partial charge on any atom is -0.328 e. The molecule has 0 bridgehead atoms. The maximum atomic E-state index is 5.20. The molecule has 4 heteroatoms. The number of hydrogen-bond donors (Lipinski definition) is 1. The summed E-state index contributed by atoms with van der Waals surface area (Å²) < 4.78 is 0. The average molecular weight is 599 g/mol. The predicted octanol–water partition coefficient (Wildman–Crippen LogP) is 9.92. The number of nitrogens with zero attached hydrogens (tertiary/aromatic N) is 3. The molecule has 46 heavy (non-hydrogen) atoms. The summed E-state index contributed by atoms with van der Waals surface area (Å²) in [6, 6.07) is 33.6. The van der Waals surface area contributed by atoms with E-state index < -0.39 is 6.17 Å². The Kier molecular flexibility index (Phi) is 9.26. The van der Waals surface area contributed by atoms with E-state index in [4.69, 9.17) is 9.98 Å². The Morgan fingerprint density at radius 2 is 1.59 bits per heavy atom. The summed E-state index contributed by atoms with van der Waals surface area (Å²) >= 11 is 0. The van der Waals surface area contributed by atoms with Crippen molar-refractivity contribution < 1.29 is 0 Å². The number of hydrogen-bond acceptors (Lipinski definition) is 4. The number of nitrogens with one attached hydrogen (secondary N) is 1. The topological polar surface area (TPSA) is 49.1 Å². The molecule has 4 nitrogen and oxygen atoms in total. The van der Waals surface area contributed by atoms with Crippen molar-refractivity contribution in [3.05, 3.63) is 180 Å². The molecule has 0 radical (unpaired) electrons. The fourth-order valence-corrected chi connectivity index (χ4v) is 5.78. The van der Waals surface area contributed by atoms with Crippen molar-refractivity contribution in [3.63, 3.8) is 0 Å². The second-order valence-corrected chi connectivity index (χ2v) is 11.4. The average Bonchev–Trinajstić information content (AvgIpc) is 3.12. The molecule has 4 aromatic rings. The molecular formula is C42H38N4. The molecule has 0 spiro atoms. The van der Waals surface area contributed by atoms with E-state index in [9.17, 15) is 0 Å². The quantitative estimate of drug-likeness (QED) is 0.192. The largest absolute Gasteiger partial charge is 0.328 e. The van der Waals surface area contributed by atoms with Crippen molar-refractivity contribution in [2.45, 2.75) is 26.4 Å². The minimum atomic E-state index is -0.462. The molecule has 0 saturated carbocycles. The first-order valence-corrected chi connectivity index (χ1v) is 15.7. The van der Waals surface area contributed by atoms with Gasteiger partial charge in [0.05, 0.1) is 5.70 Å². The van der Waals surface area contributed by atoms with Crippen LogP contribution in [0.25, 0.3) is 22.4 Å². The Morgan fingerprint density at radius 1 is 0.848 bits per heavy atom. The van der Waals surface area contributed by atoms with Gasteiger partial charge in [0.15, 0.2) is 6.17 Å². The zero-order valence-electron chi connectivity index (χ0n) is 26.4. The molecule has 0 aromatic heterocycles. The molecule has 0 saturated heterocycles. The highest BCUT2D eigenvalue weighted by Gasteiger charge is 2.25. The number of aryl methyl sites for hydroxylation is 1. The van der Waals surface area contributed by atoms with Gasteiger partial charge in [-0.1, -0.05) is 122 Å². The van der Waals surface area contributed by atoms with Crippen molar-refractivity contribution >= 4 is 29.2 Å². The lowest BCUT2D eigenvalue weighted by molar-refractivity contribution is 0.720. The Labute approximate surface area is 272 Å². The molecule has 1 aliphatic heterocycles. The van der Waals surface area contributed by atoms with Gasteiger partial charge in [0.1, 0.15) is 11.7 Å². The third kappa shape index (κ3) is 6.72. The molecule has 0 fully saturated rings. The van der Waals surface area contributed by atoms with E-state index in [2.05, 4.69) is 134 Å². The smallest absolute Gasteiger partial charge is 0.169 e. The first kappa shape index (κ1) is 30.4. The molecule has 1 aliphatic carbocycles. The van der Waals surface area contributed by atoms with Crippen LogP contribution in [0.5, 0.6) is 0 Å². The highest BCUT2D eigenvalue weighted by molar-refractivity contribution is 6.11. The van der Waals surface area contributed by atoms with E-state index in [0.29, 0.717) is 5.70 Å². The van der Waals surface area contributed by atoms with Gasteiger partial charge in [-0.3, -0.25) is 4.99 Å². The normalized spacial score (nSPS) is 17.5. The first-order chi connectivity index (χ1) is 22.5. The van der Waals surface area contributed by atoms with Gasteiger partial charge in [-0.05, 0) is 83.5 Å². The minimum absolute atomic E-state index is 0.140. The Balaban J connectivity index is 1.49. The fourth-order valence-electron chi connectivity index (χ4n) is 5.78. The highest BCUT2D eigenvalue weighted by Crippen LogP contribution is 2.36. The third-order valence-corrected chi connectivity index (χ3v) is 8.27. The second kappa shape index (κ2) is 14.0. The SMILES string of the molecule is C=C(N=C/C=C\C)c1cc(C(=C)c2ccccc2-c2ccccc2C)cc(C2N=C(c3ccccc3)NC(C3C=CC=CC3)=N2)c1. The number of aliphatic imine (C=N–C) groups is 3. The summed E-state index contributed by atoms with van der Waals surface area (Å²) in [5.41, 5.74) is 10.0. The van der Waals surface area contributed by atoms with Crippen LogP contribution in [0, 0.1) is 12.8 Å². The number of amidine groups is 2. The van der Waals surface area contributed by atoms with Crippen molar-refractivity contribution in [1.82, 2.24) is 5.32 Å². The third-order valence-electron chi connectivity index (χ3n) is 8.27. The summed E-state index contributed by atoms with van der Waals surface area (Å²) in [6.07, 6.45) is 14.6. The second-order valence-electron chi connectivity index (χ2n) is 11.4. The van der Waals surface area contributed by atoms with Gasteiger partial charge >= 0.3 is 0 Å². The van der Waals surface area contributed by atoms with Crippen LogP contribution in [0.4, 0.5) is 0 Å². The summed E-state index contributed by atoms with van der Waals surface area (Å²) in [7, 11) is 0. The Hall–Kier alpha value is -5.61. The molecular weight excluding hydrogens is 560 g/mol. The monoisotopic (exact) mass is 598 g/mol. The molecule has 2 unspecified atom stereocenters. The number of benzene rings is 4. The highest BCUT2D eigenvalue weighted by atomic mass is 15.2. The summed E-state index contributed by atoms with van der Waals surface area (Å²) in [5.74, 6) is 1.85. The van der Waals surface area contributed by atoms with Crippen LogP contribution in [0.15, 0.2) is 162 Å². The molecule has 226 valence electrons. The molecule has 2 aliphatic rings. The van der Waals surface area contributed by atoms with E-state index in [-0.39, 0.29) is 5.92 Å². The van der Waals surface area contributed by atoms with Crippen molar-refractivity contribution in [2.24, 2.45) is 20.9 Å². The summed E-state index contributed by atoms with van der Waals surface area (Å²) in [5, 5.41) is 3.55. The fraction of sp³-hybridized carbons (Fsp3) is 0.119. The number of rotatable bonds is 9. The molecule has 4 aromatic carbocycles. The van der Waals surface area contributed by atoms with Gasteiger partial charge < -0.3 is 5.32 Å². The zero-order chi connectivity index (χ0) is 31.9. The van der Waals surface area contributed by atoms with E-state index >= 15 is 0 Å². The Bertz CT molecular complexity index is 1950. The summed E-state index contributed by atoms with van der Waals surface area (Å²) in [6.45, 7) is 13.1. The van der Waals surface area contributed by atoms with E-state index in [1.54, 1.807) is 6.21 Å². The van der Waals surface area contributed by atoms with Crippen molar-refractivity contribution in [2.75, 3.05) is 0 Å². The predicted molar refractivity (Wildman–Crippen MR) is 196 cm³/mol. The van der Waals surface area contributed by atoms with Crippen molar-refractivity contribution in [1.29, 1.82) is 0 Å². The summed E-state index contributed by atoms with van der Waals surface area (Å²) in [4.78, 5) is 15.0. The molecule has 2 atom stereocenters. The standard InChI is InChI=1S/C42H38N4/c1-5-6-25-43-31(4)35-26-34(30(3)38-23-15-16-24-39(38)37-22-14-13-17-29(37)2)27-36(28-35)42-45-40(32-18-9-7-10-19-32)44-41(46-42)33-20-11-8-12-21-33/h5-20,22-28,33,42H,3-4,21H2,1-2H3,(H,44,45,46)/b6-5-,43-25?. The van der Waals surface area contributed by atoms with Gasteiger partial charge in [-0.2, -0.15) is 0 Å². The van der Waals surface area contributed by atoms with Crippen LogP contribution in [-0.2, 0) is 0 Å². The molecule has 6 rings (SSSR count). The number of allylic oxidation sites excluding steroid dienone is 5. The van der Waals surface area contributed by atoms with Gasteiger partial charge in [0.2, 0.25) is 0 Å². The van der Waals surface area contributed by atoms with Crippen LogP contribution in [0.2, 0.25) is 0 Å². The van der Waals surface area contributed by atoms with Gasteiger partial charge in [-0.25, -0.2) is 9.98 Å². The van der Waals surface area contributed by atoms with Crippen LogP contribution >= 0.6 is 0 Å². The molecule has 0 amide bonds. The first-order valence-electron chi connectivity index (χ1n) is 15.7. The lowest BCUT2D eigenvalue weighted by Gasteiger charge is -2.26. The van der Waals surface area contributed by atoms with Gasteiger partial charge in [0.25, 0.3) is 0 Å². The van der Waals surface area contributed by atoms with Crippen molar-refractivity contribution in [3.8, 4) is 11.1 Å². The molecule has 1 N–H and O–H groups in total. The van der Waals surface area contributed by atoms with Gasteiger partial charge in [0, 0.05) is 23.3 Å². The molecule has 1 heterocycles. The van der Waals surface area contributed by atoms with Crippen LogP contribution < -0.4 is 5.32 Å². The van der Waals surface area contributed by atoms with E-state index in [0.717, 1.165) is 57.0 Å².